The Morgan fingerprint density at radius 2 is 1.62 bits per heavy atom. The Morgan fingerprint density at radius 3 is 2.12 bits per heavy atom. The van der Waals surface area contributed by atoms with Gasteiger partial charge in [0.2, 0.25) is 0 Å². The molecule has 0 aliphatic heterocycles. The van der Waals surface area contributed by atoms with Gasteiger partial charge in [-0.05, 0) is 13.3 Å². The van der Waals surface area contributed by atoms with E-state index >= 15 is 0 Å². The fourth-order valence-corrected chi connectivity index (χ4v) is 1.76. The van der Waals surface area contributed by atoms with Crippen molar-refractivity contribution in [1.29, 1.82) is 0 Å². The van der Waals surface area contributed by atoms with Gasteiger partial charge in [-0.25, -0.2) is 0 Å². The molecule has 0 saturated heterocycles. The Kier molecular flexibility index (Phi) is 8.87. The topological polar surface area (TPSA) is 43.4 Å². The molecule has 0 saturated carbocycles. The summed E-state index contributed by atoms with van der Waals surface area (Å²) in [6, 6.07) is 0. The monoisotopic (exact) mass is 228 g/mol. The van der Waals surface area contributed by atoms with Crippen molar-refractivity contribution in [2.24, 2.45) is 5.92 Å². The van der Waals surface area contributed by atoms with Crippen LogP contribution in [0.2, 0.25) is 0 Å². The first kappa shape index (κ1) is 15.1. The summed E-state index contributed by atoms with van der Waals surface area (Å²) >= 11 is 0. The molecule has 0 aromatic rings. The molecule has 3 heteroatoms. The normalized spacial score (nSPS) is 12.2. The van der Waals surface area contributed by atoms with E-state index in [9.17, 15) is 9.59 Å². The maximum absolute atomic E-state index is 11.3. The lowest BCUT2D eigenvalue weighted by Gasteiger charge is -2.10. The molecule has 0 amide bonds. The Labute approximate surface area is 98.6 Å². The Hall–Kier alpha value is -0.860. The van der Waals surface area contributed by atoms with Crippen molar-refractivity contribution < 1.29 is 14.3 Å². The van der Waals surface area contributed by atoms with Crippen LogP contribution < -0.4 is 0 Å². The van der Waals surface area contributed by atoms with E-state index in [4.69, 9.17) is 0 Å². The van der Waals surface area contributed by atoms with Crippen LogP contribution in [0.1, 0.15) is 58.8 Å². The molecule has 0 aromatic carbocycles. The molecule has 0 spiro atoms. The molecule has 0 fully saturated rings. The van der Waals surface area contributed by atoms with Crippen molar-refractivity contribution in [3.8, 4) is 0 Å². The standard InChI is InChI=1S/C13H24O3/c1-4-5-6-7-8-9-10-12(11(2)14)13(15)16-3/h12H,4-10H2,1-3H3/t12-/m0/s1. The second kappa shape index (κ2) is 9.37. The largest absolute Gasteiger partial charge is 0.468 e. The van der Waals surface area contributed by atoms with E-state index in [1.54, 1.807) is 0 Å². The highest BCUT2D eigenvalue weighted by Crippen LogP contribution is 2.14. The molecule has 0 aromatic heterocycles. The summed E-state index contributed by atoms with van der Waals surface area (Å²) in [4.78, 5) is 22.5. The maximum atomic E-state index is 11.3. The molecule has 0 heterocycles. The zero-order valence-electron chi connectivity index (χ0n) is 10.8. The van der Waals surface area contributed by atoms with E-state index in [1.807, 2.05) is 0 Å². The highest BCUT2D eigenvalue weighted by molar-refractivity contribution is 5.97. The quantitative estimate of drug-likeness (QED) is 0.346. The summed E-state index contributed by atoms with van der Waals surface area (Å²) < 4.78 is 4.61. The molecular formula is C13H24O3. The number of ketones is 1. The molecular weight excluding hydrogens is 204 g/mol. The maximum Gasteiger partial charge on any atom is 0.316 e. The molecule has 0 radical (unpaired) electrons. The number of rotatable bonds is 9. The van der Waals surface area contributed by atoms with Crippen molar-refractivity contribution in [2.75, 3.05) is 7.11 Å². The van der Waals surface area contributed by atoms with Gasteiger partial charge in [0.1, 0.15) is 11.7 Å². The van der Waals surface area contributed by atoms with Gasteiger partial charge in [-0.2, -0.15) is 0 Å². The van der Waals surface area contributed by atoms with Crippen LogP contribution >= 0.6 is 0 Å². The zero-order valence-corrected chi connectivity index (χ0v) is 10.8. The number of esters is 1. The fraction of sp³-hybridized carbons (Fsp3) is 0.846. The third-order valence-corrected chi connectivity index (χ3v) is 2.82. The highest BCUT2D eigenvalue weighted by atomic mass is 16.5. The first-order valence-corrected chi connectivity index (χ1v) is 6.21. The minimum Gasteiger partial charge on any atom is -0.468 e. The first-order chi connectivity index (χ1) is 7.63. The van der Waals surface area contributed by atoms with Crippen LogP contribution in [0.3, 0.4) is 0 Å². The lowest BCUT2D eigenvalue weighted by Crippen LogP contribution is -2.23. The third kappa shape index (κ3) is 6.59. The predicted octanol–water partition coefficient (Wildman–Crippen LogP) is 3.12. The van der Waals surface area contributed by atoms with Crippen LogP contribution in [-0.4, -0.2) is 18.9 Å². The number of Topliss-reactive ketones (excluding diaryl/α,β-unsaturated/α-hetero) is 1. The van der Waals surface area contributed by atoms with Crippen LogP contribution in [0.15, 0.2) is 0 Å². The summed E-state index contributed by atoms with van der Waals surface area (Å²) in [5.74, 6) is -1.02. The fourth-order valence-electron chi connectivity index (χ4n) is 1.76. The van der Waals surface area contributed by atoms with Gasteiger partial charge in [-0.3, -0.25) is 9.59 Å². The zero-order chi connectivity index (χ0) is 12.4. The molecule has 0 unspecified atom stereocenters. The molecule has 3 nitrogen and oxygen atoms in total. The van der Waals surface area contributed by atoms with Crippen LogP contribution in [0.4, 0.5) is 0 Å². The summed E-state index contributed by atoms with van der Waals surface area (Å²) in [5, 5.41) is 0. The number of carbonyl (C=O) groups is 2. The second-order valence-corrected chi connectivity index (χ2v) is 4.24. The van der Waals surface area contributed by atoms with Gasteiger partial charge in [0.15, 0.2) is 0 Å². The van der Waals surface area contributed by atoms with Crippen molar-refractivity contribution in [3.05, 3.63) is 0 Å². The number of hydrogen-bond donors (Lipinski definition) is 0. The van der Waals surface area contributed by atoms with Crippen molar-refractivity contribution in [1.82, 2.24) is 0 Å². The van der Waals surface area contributed by atoms with Crippen LogP contribution in [-0.2, 0) is 14.3 Å². The average molecular weight is 228 g/mol. The second-order valence-electron chi connectivity index (χ2n) is 4.24. The molecule has 0 aliphatic carbocycles. The lowest BCUT2D eigenvalue weighted by molar-refractivity contribution is -0.149. The molecule has 94 valence electrons. The van der Waals surface area contributed by atoms with Crippen LogP contribution in [0.25, 0.3) is 0 Å². The van der Waals surface area contributed by atoms with Gasteiger partial charge < -0.3 is 4.74 Å². The lowest BCUT2D eigenvalue weighted by atomic mass is 9.97. The summed E-state index contributed by atoms with van der Waals surface area (Å²) in [6.45, 7) is 3.64. The van der Waals surface area contributed by atoms with Crippen molar-refractivity contribution >= 4 is 11.8 Å². The van der Waals surface area contributed by atoms with Gasteiger partial charge in [0, 0.05) is 0 Å². The minimum atomic E-state index is -0.545. The highest BCUT2D eigenvalue weighted by Gasteiger charge is 2.23. The summed E-state index contributed by atoms with van der Waals surface area (Å²) in [7, 11) is 1.33. The van der Waals surface area contributed by atoms with E-state index in [0.29, 0.717) is 6.42 Å². The Balaban J connectivity index is 3.69. The van der Waals surface area contributed by atoms with Crippen LogP contribution in [0.5, 0.6) is 0 Å². The van der Waals surface area contributed by atoms with E-state index in [1.165, 1.54) is 39.7 Å². The average Bonchev–Trinajstić information content (AvgIpc) is 2.26. The molecule has 0 N–H and O–H groups in total. The molecule has 1 atom stereocenters. The predicted molar refractivity (Wildman–Crippen MR) is 64.2 cm³/mol. The molecule has 0 rings (SSSR count). The van der Waals surface area contributed by atoms with Gasteiger partial charge in [-0.15, -0.1) is 0 Å². The smallest absolute Gasteiger partial charge is 0.316 e. The Bertz CT molecular complexity index is 211. The number of ether oxygens (including phenoxy) is 1. The van der Waals surface area contributed by atoms with E-state index in [-0.39, 0.29) is 11.8 Å². The number of unbranched alkanes of at least 4 members (excludes halogenated alkanes) is 5. The van der Waals surface area contributed by atoms with E-state index in [2.05, 4.69) is 11.7 Å². The minimum absolute atomic E-state index is 0.0830. The Morgan fingerprint density at radius 1 is 1.06 bits per heavy atom. The number of methoxy groups -OCH3 is 1. The molecule has 0 bridgehead atoms. The first-order valence-electron chi connectivity index (χ1n) is 6.21. The number of hydrogen-bond acceptors (Lipinski definition) is 3. The van der Waals surface area contributed by atoms with Gasteiger partial charge >= 0.3 is 5.97 Å². The van der Waals surface area contributed by atoms with E-state index < -0.39 is 5.92 Å². The van der Waals surface area contributed by atoms with Crippen molar-refractivity contribution in [2.45, 2.75) is 58.8 Å². The molecule has 0 aliphatic rings. The van der Waals surface area contributed by atoms with Gasteiger partial charge in [0.05, 0.1) is 7.11 Å². The molecule has 16 heavy (non-hydrogen) atoms. The summed E-state index contributed by atoms with van der Waals surface area (Å²) in [5.41, 5.74) is 0. The SMILES string of the molecule is CCCCCCCC[C@@H](C(C)=O)C(=O)OC. The van der Waals surface area contributed by atoms with E-state index in [0.717, 1.165) is 12.8 Å². The van der Waals surface area contributed by atoms with Crippen molar-refractivity contribution in [3.63, 3.8) is 0 Å². The number of carbonyl (C=O) groups excluding carboxylic acids is 2. The van der Waals surface area contributed by atoms with Gasteiger partial charge in [0.25, 0.3) is 0 Å². The third-order valence-electron chi connectivity index (χ3n) is 2.82. The van der Waals surface area contributed by atoms with Gasteiger partial charge in [-0.1, -0.05) is 45.4 Å². The van der Waals surface area contributed by atoms with Crippen LogP contribution in [0, 0.1) is 5.92 Å². The summed E-state index contributed by atoms with van der Waals surface area (Å²) in [6.07, 6.45) is 7.61.